The Kier molecular flexibility index (Phi) is 8.30. The van der Waals surface area contributed by atoms with Crippen molar-refractivity contribution in [2.45, 2.75) is 56.3 Å². The van der Waals surface area contributed by atoms with E-state index in [2.05, 4.69) is 0 Å². The van der Waals surface area contributed by atoms with E-state index in [1.807, 2.05) is 0 Å². The second-order valence-electron chi connectivity index (χ2n) is 6.55. The molecule has 0 saturated carbocycles. The van der Waals surface area contributed by atoms with Crippen molar-refractivity contribution in [3.8, 4) is 0 Å². The highest BCUT2D eigenvalue weighted by atomic mass is 35.5. The van der Waals surface area contributed by atoms with Crippen molar-refractivity contribution in [3.05, 3.63) is 29.0 Å². The van der Waals surface area contributed by atoms with E-state index in [1.165, 1.54) is 50.7 Å². The molecule has 1 fully saturated rings. The van der Waals surface area contributed by atoms with Crippen LogP contribution in [0.15, 0.2) is 23.1 Å². The lowest BCUT2D eigenvalue weighted by Gasteiger charge is -2.43. The molecule has 1 saturated heterocycles. The molecule has 2 rings (SSSR count). The van der Waals surface area contributed by atoms with Crippen molar-refractivity contribution in [2.24, 2.45) is 5.92 Å². The summed E-state index contributed by atoms with van der Waals surface area (Å²) < 4.78 is 35.3. The molecule has 1 heterocycles. The fourth-order valence-corrected chi connectivity index (χ4v) is 4.42. The molecular formula is C19H22ClFO7S. The van der Waals surface area contributed by atoms with Gasteiger partial charge in [-0.05, 0) is 18.2 Å². The molecule has 1 aromatic rings. The zero-order valence-corrected chi connectivity index (χ0v) is 17.9. The number of rotatable bonds is 6. The van der Waals surface area contributed by atoms with Crippen LogP contribution in [0.3, 0.4) is 0 Å². The highest BCUT2D eigenvalue weighted by Crippen LogP contribution is 2.39. The summed E-state index contributed by atoms with van der Waals surface area (Å²) in [5, 5.41) is -0.0582. The quantitative estimate of drug-likeness (QED) is 0.483. The van der Waals surface area contributed by atoms with Gasteiger partial charge in [-0.1, -0.05) is 30.3 Å². The third-order valence-electron chi connectivity index (χ3n) is 4.18. The first kappa shape index (κ1) is 23.4. The zero-order valence-electron chi connectivity index (χ0n) is 16.3. The molecule has 29 heavy (non-hydrogen) atoms. The summed E-state index contributed by atoms with van der Waals surface area (Å²) in [5.74, 6) is -2.62. The summed E-state index contributed by atoms with van der Waals surface area (Å²) in [7, 11) is 0. The van der Waals surface area contributed by atoms with E-state index in [0.717, 1.165) is 0 Å². The van der Waals surface area contributed by atoms with Crippen molar-refractivity contribution in [1.82, 2.24) is 0 Å². The Bertz CT molecular complexity index is 773. The Balaban J connectivity index is 2.31. The molecule has 0 aromatic heterocycles. The topological polar surface area (TPSA) is 88.1 Å². The molecule has 1 aliphatic heterocycles. The number of hydrogen-bond acceptors (Lipinski definition) is 8. The van der Waals surface area contributed by atoms with E-state index in [0.29, 0.717) is 4.90 Å². The van der Waals surface area contributed by atoms with Gasteiger partial charge in [-0.25, -0.2) is 4.39 Å². The van der Waals surface area contributed by atoms with Gasteiger partial charge in [-0.15, -0.1) is 0 Å². The first-order chi connectivity index (χ1) is 13.6. The summed E-state index contributed by atoms with van der Waals surface area (Å²) in [5.41, 5.74) is -0.734. The fraction of sp³-hybridized carbons (Fsp3) is 0.526. The standard InChI is InChI=1S/C19H22ClFO7S/c1-9-17(26-11(3)23)16(8-25-10(2)22)28-19(18(9)27-12(4)24)29-13-5-6-15(21)14(20)7-13/h5-7,9,16-19H,8H2,1-4H3/t9?,16?,17-,18+,19-/m1/s1. The van der Waals surface area contributed by atoms with Crippen LogP contribution in [0.5, 0.6) is 0 Å². The zero-order chi connectivity index (χ0) is 21.7. The molecule has 1 aliphatic rings. The van der Waals surface area contributed by atoms with Gasteiger partial charge in [0.1, 0.15) is 36.2 Å². The van der Waals surface area contributed by atoms with Gasteiger partial charge >= 0.3 is 17.9 Å². The summed E-state index contributed by atoms with van der Waals surface area (Å²) in [4.78, 5) is 35.0. The second-order valence-corrected chi connectivity index (χ2v) is 8.13. The summed E-state index contributed by atoms with van der Waals surface area (Å²) in [6.45, 7) is 5.36. The first-order valence-electron chi connectivity index (χ1n) is 8.83. The lowest BCUT2D eigenvalue weighted by Crippen LogP contribution is -2.56. The minimum absolute atomic E-state index is 0.0582. The minimum Gasteiger partial charge on any atom is -0.463 e. The van der Waals surface area contributed by atoms with Gasteiger partial charge in [-0.2, -0.15) is 0 Å². The number of hydrogen-bond donors (Lipinski definition) is 0. The number of ether oxygens (including phenoxy) is 4. The molecule has 0 radical (unpaired) electrons. The van der Waals surface area contributed by atoms with E-state index >= 15 is 0 Å². The van der Waals surface area contributed by atoms with E-state index in [4.69, 9.17) is 30.5 Å². The Labute approximate surface area is 177 Å². The number of halogens is 2. The second kappa shape index (κ2) is 10.3. The molecule has 0 N–H and O–H groups in total. The number of thioether (sulfide) groups is 1. The number of benzene rings is 1. The van der Waals surface area contributed by atoms with Crippen LogP contribution in [-0.2, 0) is 33.3 Å². The van der Waals surface area contributed by atoms with Gasteiger partial charge in [-0.3, -0.25) is 14.4 Å². The van der Waals surface area contributed by atoms with Gasteiger partial charge in [0.15, 0.2) is 0 Å². The summed E-state index contributed by atoms with van der Waals surface area (Å²) in [6.07, 6.45) is -2.36. The SMILES string of the molecule is CC(=O)OCC1O[C@H](Sc2ccc(F)c(Cl)c2)[C@@H](OC(C)=O)C(C)[C@H]1OC(C)=O. The molecule has 10 heteroatoms. The first-order valence-corrected chi connectivity index (χ1v) is 10.1. The van der Waals surface area contributed by atoms with Crippen molar-refractivity contribution in [2.75, 3.05) is 6.61 Å². The molecule has 0 spiro atoms. The monoisotopic (exact) mass is 448 g/mol. The van der Waals surface area contributed by atoms with Gasteiger partial charge in [0, 0.05) is 31.6 Å². The number of esters is 3. The molecule has 2 unspecified atom stereocenters. The van der Waals surface area contributed by atoms with E-state index in [9.17, 15) is 18.8 Å². The third kappa shape index (κ3) is 6.58. The van der Waals surface area contributed by atoms with Crippen LogP contribution < -0.4 is 0 Å². The Morgan fingerprint density at radius 3 is 2.28 bits per heavy atom. The Morgan fingerprint density at radius 2 is 1.72 bits per heavy atom. The highest BCUT2D eigenvalue weighted by Gasteiger charge is 2.48. The molecule has 160 valence electrons. The normalized spacial score (nSPS) is 26.5. The number of carbonyl (C=O) groups is 3. The van der Waals surface area contributed by atoms with E-state index in [1.54, 1.807) is 6.92 Å². The average molecular weight is 449 g/mol. The van der Waals surface area contributed by atoms with Crippen molar-refractivity contribution >= 4 is 41.3 Å². The summed E-state index contributed by atoms with van der Waals surface area (Å²) >= 11 is 7.01. The molecular weight excluding hydrogens is 427 g/mol. The smallest absolute Gasteiger partial charge is 0.303 e. The molecule has 0 aliphatic carbocycles. The Hall–Kier alpha value is -1.84. The molecule has 1 aromatic carbocycles. The molecule has 0 bridgehead atoms. The predicted octanol–water partition coefficient (Wildman–Crippen LogP) is 3.36. The van der Waals surface area contributed by atoms with Crippen LogP contribution in [-0.4, -0.2) is 48.3 Å². The average Bonchev–Trinajstić information content (AvgIpc) is 2.61. The third-order valence-corrected chi connectivity index (χ3v) is 5.61. The fourth-order valence-electron chi connectivity index (χ4n) is 2.94. The van der Waals surface area contributed by atoms with Crippen molar-refractivity contribution < 1.29 is 37.7 Å². The van der Waals surface area contributed by atoms with Gasteiger partial charge in [0.2, 0.25) is 0 Å². The Morgan fingerprint density at radius 1 is 1.10 bits per heavy atom. The molecule has 0 amide bonds. The van der Waals surface area contributed by atoms with E-state index < -0.39 is 53.4 Å². The maximum absolute atomic E-state index is 13.5. The van der Waals surface area contributed by atoms with Gasteiger partial charge in [0.05, 0.1) is 5.02 Å². The predicted molar refractivity (Wildman–Crippen MR) is 103 cm³/mol. The highest BCUT2D eigenvalue weighted by molar-refractivity contribution is 7.99. The lowest BCUT2D eigenvalue weighted by atomic mass is 9.91. The van der Waals surface area contributed by atoms with Crippen LogP contribution >= 0.6 is 23.4 Å². The molecule has 7 nitrogen and oxygen atoms in total. The van der Waals surface area contributed by atoms with Crippen molar-refractivity contribution in [1.29, 1.82) is 0 Å². The lowest BCUT2D eigenvalue weighted by molar-refractivity contribution is -0.212. The molecule has 5 atom stereocenters. The maximum atomic E-state index is 13.5. The van der Waals surface area contributed by atoms with Crippen LogP contribution in [0.1, 0.15) is 27.7 Å². The van der Waals surface area contributed by atoms with Crippen molar-refractivity contribution in [3.63, 3.8) is 0 Å². The summed E-state index contributed by atoms with van der Waals surface area (Å²) in [6, 6.07) is 4.17. The van der Waals surface area contributed by atoms with Crippen LogP contribution in [0, 0.1) is 11.7 Å². The van der Waals surface area contributed by atoms with Crippen LogP contribution in [0.25, 0.3) is 0 Å². The minimum atomic E-state index is -0.801. The number of carbonyl (C=O) groups excluding carboxylic acids is 3. The van der Waals surface area contributed by atoms with E-state index in [-0.39, 0.29) is 11.6 Å². The van der Waals surface area contributed by atoms with Gasteiger partial charge < -0.3 is 18.9 Å². The largest absolute Gasteiger partial charge is 0.463 e. The van der Waals surface area contributed by atoms with Gasteiger partial charge in [0.25, 0.3) is 0 Å². The van der Waals surface area contributed by atoms with Crippen LogP contribution in [0.4, 0.5) is 4.39 Å². The maximum Gasteiger partial charge on any atom is 0.303 e. The van der Waals surface area contributed by atoms with Crippen LogP contribution in [0.2, 0.25) is 5.02 Å².